The summed E-state index contributed by atoms with van der Waals surface area (Å²) in [5.74, 6) is -1.67. The number of unbranched alkanes of at least 4 members (excludes halogenated alkanes) is 1. The van der Waals surface area contributed by atoms with Crippen LogP contribution in [0.5, 0.6) is 5.75 Å². The predicted molar refractivity (Wildman–Crippen MR) is 190 cm³/mol. The Balaban J connectivity index is 1.67. The van der Waals surface area contributed by atoms with Crippen LogP contribution < -0.4 is 19.9 Å². The smallest absolute Gasteiger partial charge is 0.266 e. The molecule has 1 unspecified atom stereocenters. The molecule has 260 valence electrons. The van der Waals surface area contributed by atoms with Gasteiger partial charge in [0.2, 0.25) is 5.91 Å². The monoisotopic (exact) mass is 717 g/mol. The first-order valence-electron chi connectivity index (χ1n) is 15.8. The number of fused-ring (bicyclic) bond motifs is 1. The number of carbonyl (C=O) groups excluding carboxylic acids is 2. The summed E-state index contributed by atoms with van der Waals surface area (Å²) >= 11 is 1.37. The molecule has 1 heterocycles. The van der Waals surface area contributed by atoms with E-state index in [0.29, 0.717) is 29.2 Å². The van der Waals surface area contributed by atoms with E-state index < -0.39 is 56.1 Å². The molecule has 0 spiro atoms. The SMILES string of the molecule is CCCCC1(CC)CN(c2ccccc2)c2cc(SC)c(OCC(=O)N(CC(=O)NCCS(=O)(=O)O)c3ccccc3)cc2S(=O)(=O)C1. The molecule has 48 heavy (non-hydrogen) atoms. The predicted octanol–water partition coefficient (Wildman–Crippen LogP) is 5.34. The summed E-state index contributed by atoms with van der Waals surface area (Å²) in [6, 6.07) is 21.5. The highest BCUT2D eigenvalue weighted by atomic mass is 32.2. The van der Waals surface area contributed by atoms with Gasteiger partial charge in [-0.05, 0) is 49.4 Å². The van der Waals surface area contributed by atoms with Gasteiger partial charge in [0, 0.05) is 35.9 Å². The van der Waals surface area contributed by atoms with Crippen molar-refractivity contribution in [2.24, 2.45) is 5.41 Å². The lowest BCUT2D eigenvalue weighted by molar-refractivity contribution is -0.124. The van der Waals surface area contributed by atoms with E-state index in [4.69, 9.17) is 9.29 Å². The Morgan fingerprint density at radius 3 is 2.33 bits per heavy atom. The fourth-order valence-corrected chi connectivity index (χ4v) is 8.89. The molecule has 1 aliphatic rings. The summed E-state index contributed by atoms with van der Waals surface area (Å²) in [6.45, 7) is 3.41. The maximum atomic E-state index is 14.2. The maximum Gasteiger partial charge on any atom is 0.266 e. The fraction of sp³-hybridized carbons (Fsp3) is 0.412. The largest absolute Gasteiger partial charge is 0.483 e. The van der Waals surface area contributed by atoms with Crippen LogP contribution in [0, 0.1) is 5.41 Å². The van der Waals surface area contributed by atoms with Crippen LogP contribution in [0.15, 0.2) is 82.6 Å². The molecule has 0 aliphatic carbocycles. The highest BCUT2D eigenvalue weighted by Gasteiger charge is 2.42. The van der Waals surface area contributed by atoms with Gasteiger partial charge in [0.1, 0.15) is 12.3 Å². The number of amides is 2. The van der Waals surface area contributed by atoms with Gasteiger partial charge in [-0.25, -0.2) is 8.42 Å². The van der Waals surface area contributed by atoms with Crippen molar-refractivity contribution in [3.63, 3.8) is 0 Å². The summed E-state index contributed by atoms with van der Waals surface area (Å²) in [6.07, 6.45) is 5.16. The molecule has 11 nitrogen and oxygen atoms in total. The summed E-state index contributed by atoms with van der Waals surface area (Å²) in [7, 11) is -8.06. The summed E-state index contributed by atoms with van der Waals surface area (Å²) in [5.41, 5.74) is 1.38. The van der Waals surface area contributed by atoms with Crippen molar-refractivity contribution >= 4 is 60.6 Å². The van der Waals surface area contributed by atoms with Crippen LogP contribution in [0.4, 0.5) is 17.1 Å². The molecule has 3 aromatic carbocycles. The van der Waals surface area contributed by atoms with E-state index in [2.05, 4.69) is 17.1 Å². The topological polar surface area (TPSA) is 150 Å². The molecule has 0 saturated heterocycles. The molecule has 14 heteroatoms. The number of hydrogen-bond acceptors (Lipinski definition) is 9. The lowest BCUT2D eigenvalue weighted by atomic mass is 9.81. The van der Waals surface area contributed by atoms with Crippen molar-refractivity contribution in [2.45, 2.75) is 49.3 Å². The minimum absolute atomic E-state index is 0.0156. The number of carbonyl (C=O) groups is 2. The zero-order chi connectivity index (χ0) is 35.0. The Bertz CT molecular complexity index is 1790. The van der Waals surface area contributed by atoms with Crippen molar-refractivity contribution < 1.29 is 35.7 Å². The lowest BCUT2D eigenvalue weighted by Crippen LogP contribution is -2.43. The molecule has 0 fully saturated rings. The maximum absolute atomic E-state index is 14.2. The fourth-order valence-electron chi connectivity index (χ4n) is 5.81. The first-order chi connectivity index (χ1) is 22.8. The molecular formula is C34H43N3O8S3. The minimum Gasteiger partial charge on any atom is -0.483 e. The second-order valence-corrected chi connectivity index (χ2v) is 16.2. The molecule has 4 rings (SSSR count). The number of nitrogens with one attached hydrogen (secondary N) is 1. The molecule has 3 aromatic rings. The van der Waals surface area contributed by atoms with E-state index in [1.54, 1.807) is 30.3 Å². The number of ether oxygens (including phenoxy) is 1. The van der Waals surface area contributed by atoms with Crippen LogP contribution in [0.2, 0.25) is 0 Å². The number of anilines is 3. The molecule has 0 saturated carbocycles. The van der Waals surface area contributed by atoms with Gasteiger partial charge in [0.15, 0.2) is 16.4 Å². The van der Waals surface area contributed by atoms with Gasteiger partial charge in [-0.2, -0.15) is 8.42 Å². The Kier molecular flexibility index (Phi) is 12.6. The van der Waals surface area contributed by atoms with E-state index in [-0.39, 0.29) is 22.9 Å². The number of rotatable bonds is 15. The molecule has 0 radical (unpaired) electrons. The number of para-hydroxylation sites is 2. The second kappa shape index (κ2) is 16.2. The molecule has 2 amide bonds. The Morgan fingerprint density at radius 2 is 1.73 bits per heavy atom. The van der Waals surface area contributed by atoms with Crippen molar-refractivity contribution in [3.8, 4) is 5.75 Å². The van der Waals surface area contributed by atoms with E-state index in [0.717, 1.165) is 24.9 Å². The van der Waals surface area contributed by atoms with Crippen LogP contribution >= 0.6 is 11.8 Å². The van der Waals surface area contributed by atoms with Gasteiger partial charge in [0.05, 0.1) is 27.0 Å². The highest BCUT2D eigenvalue weighted by molar-refractivity contribution is 7.98. The number of sulfone groups is 1. The van der Waals surface area contributed by atoms with Crippen molar-refractivity contribution in [2.75, 3.05) is 53.8 Å². The van der Waals surface area contributed by atoms with Crippen molar-refractivity contribution in [3.05, 3.63) is 72.8 Å². The number of thioether (sulfide) groups is 1. The van der Waals surface area contributed by atoms with E-state index in [1.807, 2.05) is 49.6 Å². The summed E-state index contributed by atoms with van der Waals surface area (Å²) in [4.78, 5) is 30.3. The molecule has 2 N–H and O–H groups in total. The van der Waals surface area contributed by atoms with Crippen molar-refractivity contribution in [1.82, 2.24) is 5.32 Å². The zero-order valence-corrected chi connectivity index (χ0v) is 29.9. The Hall–Kier alpha value is -3.59. The molecular weight excluding hydrogens is 675 g/mol. The average Bonchev–Trinajstić information content (AvgIpc) is 3.16. The van der Waals surface area contributed by atoms with Gasteiger partial charge in [-0.1, -0.05) is 63.1 Å². The van der Waals surface area contributed by atoms with E-state index in [9.17, 15) is 26.4 Å². The van der Waals surface area contributed by atoms with E-state index in [1.165, 1.54) is 22.7 Å². The average molecular weight is 718 g/mol. The van der Waals surface area contributed by atoms with Crippen LogP contribution in [-0.4, -0.2) is 77.2 Å². The number of nitrogens with zero attached hydrogens (tertiary/aromatic N) is 2. The highest BCUT2D eigenvalue weighted by Crippen LogP contribution is 2.47. The molecule has 1 atom stereocenters. The van der Waals surface area contributed by atoms with Crippen LogP contribution in [0.25, 0.3) is 0 Å². The third kappa shape index (κ3) is 9.52. The van der Waals surface area contributed by atoms with Crippen LogP contribution in [-0.2, 0) is 29.5 Å². The first-order valence-corrected chi connectivity index (χ1v) is 20.3. The van der Waals surface area contributed by atoms with Gasteiger partial charge in [-0.3, -0.25) is 14.1 Å². The second-order valence-electron chi connectivity index (χ2n) is 11.8. The normalized spacial score (nSPS) is 17.2. The standard InChI is InChI=1S/C34H43N3O8S3/c1-4-6-17-34(5-2)24-37(27-15-11-8-12-16-27)28-20-30(46-3)29(21-31(28)47(40,41)25-34)45-23-33(39)36(26-13-9-7-10-14-26)22-32(38)35-18-19-48(42,43)44/h7-16,20-21H,4-6,17-19,22-25H2,1-3H3,(H,35,38)(H,42,43,44). The van der Waals surface area contributed by atoms with Gasteiger partial charge < -0.3 is 19.9 Å². The van der Waals surface area contributed by atoms with Crippen LogP contribution in [0.3, 0.4) is 0 Å². The quantitative estimate of drug-likeness (QED) is 0.156. The minimum atomic E-state index is -4.27. The Morgan fingerprint density at radius 1 is 1.06 bits per heavy atom. The molecule has 1 aliphatic heterocycles. The van der Waals surface area contributed by atoms with E-state index >= 15 is 0 Å². The number of hydrogen-bond donors (Lipinski definition) is 2. The zero-order valence-electron chi connectivity index (χ0n) is 27.4. The lowest BCUT2D eigenvalue weighted by Gasteiger charge is -2.36. The van der Waals surface area contributed by atoms with Gasteiger partial charge >= 0.3 is 0 Å². The molecule has 0 aromatic heterocycles. The third-order valence-corrected chi connectivity index (χ3v) is 11.9. The summed E-state index contributed by atoms with van der Waals surface area (Å²) in [5, 5.41) is 2.39. The Labute approximate surface area is 287 Å². The molecule has 0 bridgehead atoms. The first kappa shape index (κ1) is 37.2. The third-order valence-electron chi connectivity index (χ3n) is 8.44. The van der Waals surface area contributed by atoms with Crippen molar-refractivity contribution in [1.29, 1.82) is 0 Å². The van der Waals surface area contributed by atoms with Gasteiger partial charge in [-0.15, -0.1) is 11.8 Å². The number of benzene rings is 3. The van der Waals surface area contributed by atoms with Crippen LogP contribution in [0.1, 0.15) is 39.5 Å². The van der Waals surface area contributed by atoms with Gasteiger partial charge in [0.25, 0.3) is 16.0 Å². The summed E-state index contributed by atoms with van der Waals surface area (Å²) < 4.78 is 65.5.